The third-order valence-electron chi connectivity index (χ3n) is 0.362. The van der Waals surface area contributed by atoms with Crippen LogP contribution in [0.4, 0.5) is 0 Å². The zero-order chi connectivity index (χ0) is 4.24. The molecule has 30 valence electrons. The van der Waals surface area contributed by atoms with Gasteiger partial charge in [-0.2, -0.15) is 0 Å². The Morgan fingerprint density at radius 2 is 2.67 bits per heavy atom. The van der Waals surface area contributed by atoms with Gasteiger partial charge in [0, 0.05) is 0 Å². The Kier molecular flexibility index (Phi) is 0.903. The summed E-state index contributed by atoms with van der Waals surface area (Å²) in [5, 5.41) is 0. The molecule has 0 saturated carbocycles. The molecule has 1 aliphatic rings. The van der Waals surface area contributed by atoms with Crippen molar-refractivity contribution in [2.45, 2.75) is 0 Å². The van der Waals surface area contributed by atoms with Gasteiger partial charge in [0.25, 0.3) is 0 Å². The van der Waals surface area contributed by atoms with E-state index in [0.29, 0.717) is 0 Å². The Labute approximate surface area is 35.5 Å². The van der Waals surface area contributed by atoms with Crippen LogP contribution in [0.5, 0.6) is 0 Å². The van der Waals surface area contributed by atoms with E-state index in [2.05, 4.69) is 14.6 Å². The summed E-state index contributed by atoms with van der Waals surface area (Å²) in [6.07, 6.45) is 2.84. The fourth-order valence-corrected chi connectivity index (χ4v) is 0.177. The molecule has 0 aliphatic carbocycles. The summed E-state index contributed by atoms with van der Waals surface area (Å²) < 4.78 is 0. The molecule has 1 rings (SSSR count). The van der Waals surface area contributed by atoms with Gasteiger partial charge in [0.05, 0.1) is 0 Å². The van der Waals surface area contributed by atoms with Gasteiger partial charge in [-0.15, -0.1) is 0 Å². The SMILES string of the molecule is B1=NC=COO1. The molecule has 0 aromatic heterocycles. The van der Waals surface area contributed by atoms with E-state index in [1.165, 1.54) is 19.7 Å². The van der Waals surface area contributed by atoms with Gasteiger partial charge in [0.15, 0.2) is 0 Å². The first-order valence-electron chi connectivity index (χ1n) is 1.49. The fraction of sp³-hybridized carbons (Fsp3) is 0. The Balaban J connectivity index is 2.46. The summed E-state index contributed by atoms with van der Waals surface area (Å²) in [7, 11) is 1.21. The quantitative estimate of drug-likeness (QED) is 0.309. The van der Waals surface area contributed by atoms with Crippen molar-refractivity contribution in [3.8, 4) is 0 Å². The van der Waals surface area contributed by atoms with Crippen LogP contribution in [0, 0.1) is 0 Å². The predicted octanol–water partition coefficient (Wildman–Crippen LogP) is 0.222. The van der Waals surface area contributed by atoms with Crippen LogP contribution in [0.15, 0.2) is 17.4 Å². The Morgan fingerprint density at radius 3 is 2.83 bits per heavy atom. The zero-order valence-electron chi connectivity index (χ0n) is 3.00. The summed E-state index contributed by atoms with van der Waals surface area (Å²) in [5.41, 5.74) is 0. The van der Waals surface area contributed by atoms with Crippen molar-refractivity contribution >= 4 is 7.27 Å². The predicted molar refractivity (Wildman–Crippen MR) is 19.5 cm³/mol. The van der Waals surface area contributed by atoms with Gasteiger partial charge in [0.1, 0.15) is 0 Å². The molecule has 0 atom stereocenters. The molecule has 0 spiro atoms. The van der Waals surface area contributed by atoms with E-state index in [9.17, 15) is 0 Å². The Morgan fingerprint density at radius 1 is 1.67 bits per heavy atom. The molecule has 0 aromatic carbocycles. The topological polar surface area (TPSA) is 30.8 Å². The second-order valence-corrected chi connectivity index (χ2v) is 0.732. The molecular formula is C2H2BNO2. The number of hydrogen-bond acceptors (Lipinski definition) is 3. The fourth-order valence-electron chi connectivity index (χ4n) is 0.177. The monoisotopic (exact) mass is 83.0 g/mol. The number of rotatable bonds is 0. The van der Waals surface area contributed by atoms with Crippen LogP contribution in [-0.4, -0.2) is 7.27 Å². The Bertz CT molecular complexity index is 77.5. The van der Waals surface area contributed by atoms with Crippen molar-refractivity contribution in [3.05, 3.63) is 12.5 Å². The number of hydrogen-bond donors (Lipinski definition) is 0. The summed E-state index contributed by atoms with van der Waals surface area (Å²) >= 11 is 0. The molecule has 3 nitrogen and oxygen atoms in total. The molecule has 1 heterocycles. The van der Waals surface area contributed by atoms with Gasteiger partial charge >= 0.3 is 34.3 Å². The first-order valence-corrected chi connectivity index (χ1v) is 1.49. The van der Waals surface area contributed by atoms with Gasteiger partial charge in [-0.25, -0.2) is 0 Å². The second kappa shape index (κ2) is 1.59. The molecule has 0 fully saturated rings. The van der Waals surface area contributed by atoms with Crippen LogP contribution in [0.3, 0.4) is 0 Å². The molecule has 0 aromatic rings. The maximum atomic E-state index is 4.24. The molecule has 0 bridgehead atoms. The van der Waals surface area contributed by atoms with Crippen molar-refractivity contribution in [1.29, 1.82) is 0 Å². The average molecular weight is 82.9 g/mol. The average Bonchev–Trinajstić information content (AvgIpc) is 1.72. The van der Waals surface area contributed by atoms with Crippen molar-refractivity contribution < 1.29 is 9.69 Å². The van der Waals surface area contributed by atoms with Gasteiger partial charge in [-0.1, -0.05) is 0 Å². The van der Waals surface area contributed by atoms with Gasteiger partial charge in [-0.05, 0) is 0 Å². The third kappa shape index (κ3) is 0.575. The minimum atomic E-state index is 1.21. The van der Waals surface area contributed by atoms with Crippen LogP contribution in [-0.2, 0) is 9.69 Å². The second-order valence-electron chi connectivity index (χ2n) is 0.732. The molecule has 0 N–H and O–H groups in total. The molecular weight excluding hydrogens is 80.8 g/mol. The van der Waals surface area contributed by atoms with Crippen molar-refractivity contribution in [1.82, 2.24) is 0 Å². The third-order valence-corrected chi connectivity index (χ3v) is 0.362. The first-order chi connectivity index (χ1) is 3.00. The molecule has 1 aliphatic heterocycles. The standard InChI is InChI=1S/C2H2BNO2/c1-2-5-6-3-4-1/h1-2H. The van der Waals surface area contributed by atoms with E-state index in [1.54, 1.807) is 0 Å². The summed E-state index contributed by atoms with van der Waals surface area (Å²) in [6, 6.07) is 0. The molecule has 0 unspecified atom stereocenters. The van der Waals surface area contributed by atoms with E-state index in [4.69, 9.17) is 0 Å². The summed E-state index contributed by atoms with van der Waals surface area (Å²) in [6.45, 7) is 0. The minimum absolute atomic E-state index is 1.21. The molecule has 6 heavy (non-hydrogen) atoms. The van der Waals surface area contributed by atoms with Gasteiger partial charge in [0.2, 0.25) is 0 Å². The van der Waals surface area contributed by atoms with Crippen LogP contribution >= 0.6 is 0 Å². The van der Waals surface area contributed by atoms with Crippen molar-refractivity contribution in [3.63, 3.8) is 0 Å². The van der Waals surface area contributed by atoms with E-state index in [1.807, 2.05) is 0 Å². The van der Waals surface area contributed by atoms with E-state index in [0.717, 1.165) is 0 Å². The van der Waals surface area contributed by atoms with Crippen molar-refractivity contribution in [2.75, 3.05) is 0 Å². The van der Waals surface area contributed by atoms with Crippen LogP contribution in [0.25, 0.3) is 0 Å². The summed E-state index contributed by atoms with van der Waals surface area (Å²) in [5.74, 6) is 0. The van der Waals surface area contributed by atoms with Gasteiger partial charge < -0.3 is 0 Å². The number of nitrogens with zero attached hydrogens (tertiary/aromatic N) is 1. The van der Waals surface area contributed by atoms with Crippen molar-refractivity contribution in [2.24, 2.45) is 4.90 Å². The molecule has 0 amide bonds. The Hall–Kier alpha value is -0.795. The van der Waals surface area contributed by atoms with E-state index in [-0.39, 0.29) is 0 Å². The maximum absolute atomic E-state index is 4.24. The summed E-state index contributed by atoms with van der Waals surface area (Å²) in [4.78, 5) is 12.0. The van der Waals surface area contributed by atoms with E-state index >= 15 is 0 Å². The van der Waals surface area contributed by atoms with Gasteiger partial charge in [-0.3, -0.25) is 0 Å². The van der Waals surface area contributed by atoms with E-state index < -0.39 is 0 Å². The molecule has 0 radical (unpaired) electrons. The first kappa shape index (κ1) is 3.40. The molecule has 4 heteroatoms. The van der Waals surface area contributed by atoms with Crippen LogP contribution in [0.2, 0.25) is 0 Å². The molecule has 0 saturated heterocycles. The van der Waals surface area contributed by atoms with Crippen LogP contribution < -0.4 is 0 Å². The van der Waals surface area contributed by atoms with Crippen LogP contribution in [0.1, 0.15) is 0 Å². The normalized spacial score (nSPS) is 14.7. The zero-order valence-corrected chi connectivity index (χ0v) is 3.00.